The van der Waals surface area contributed by atoms with Gasteiger partial charge in [-0.3, -0.25) is 0 Å². The number of halogens is 3. The Kier molecular flexibility index (Phi) is 3.23. The third-order valence-corrected chi connectivity index (χ3v) is 2.42. The number of alkyl halides is 3. The molecule has 0 radical (unpaired) electrons. The lowest BCUT2D eigenvalue weighted by molar-refractivity contribution is -0.137. The number of nitrogens with zero attached hydrogens (tertiary/aromatic N) is 1. The first kappa shape index (κ1) is 12.4. The van der Waals surface area contributed by atoms with Gasteiger partial charge < -0.3 is 4.74 Å². The van der Waals surface area contributed by atoms with Crippen LogP contribution in [-0.4, -0.2) is 12.1 Å². The van der Waals surface area contributed by atoms with Gasteiger partial charge in [0.25, 0.3) is 0 Å². The van der Waals surface area contributed by atoms with Gasteiger partial charge in [-0.25, -0.2) is 4.98 Å². The topological polar surface area (TPSA) is 22.1 Å². The highest BCUT2D eigenvalue weighted by atomic mass is 19.4. The van der Waals surface area contributed by atoms with Crippen molar-refractivity contribution in [2.24, 2.45) is 0 Å². The zero-order chi connectivity index (χ0) is 13.2. The summed E-state index contributed by atoms with van der Waals surface area (Å²) in [6.45, 7) is 0. The number of methoxy groups -OCH3 is 1. The van der Waals surface area contributed by atoms with Gasteiger partial charge in [-0.15, -0.1) is 0 Å². The Hall–Kier alpha value is -2.04. The SMILES string of the molecule is COc1cccc(-c2cccc(C(F)(F)F)c2)n1. The van der Waals surface area contributed by atoms with E-state index in [-0.39, 0.29) is 0 Å². The maximum Gasteiger partial charge on any atom is 0.416 e. The number of benzene rings is 1. The van der Waals surface area contributed by atoms with Crippen molar-refractivity contribution in [1.29, 1.82) is 0 Å². The molecule has 0 saturated carbocycles. The van der Waals surface area contributed by atoms with Crippen molar-refractivity contribution in [1.82, 2.24) is 4.98 Å². The molecule has 0 fully saturated rings. The average Bonchev–Trinajstić information content (AvgIpc) is 2.38. The number of hydrogen-bond donors (Lipinski definition) is 0. The highest BCUT2D eigenvalue weighted by molar-refractivity contribution is 5.60. The number of ether oxygens (including phenoxy) is 1. The zero-order valence-corrected chi connectivity index (χ0v) is 9.53. The molecule has 18 heavy (non-hydrogen) atoms. The van der Waals surface area contributed by atoms with Gasteiger partial charge in [0, 0.05) is 11.6 Å². The fraction of sp³-hybridized carbons (Fsp3) is 0.154. The number of hydrogen-bond acceptors (Lipinski definition) is 2. The molecular formula is C13H10F3NO. The Bertz CT molecular complexity index is 552. The van der Waals surface area contributed by atoms with Gasteiger partial charge in [-0.05, 0) is 18.2 Å². The Morgan fingerprint density at radius 1 is 1.06 bits per heavy atom. The second-order valence-electron chi connectivity index (χ2n) is 3.64. The minimum atomic E-state index is -4.35. The quantitative estimate of drug-likeness (QED) is 0.812. The maximum atomic E-state index is 12.6. The smallest absolute Gasteiger partial charge is 0.416 e. The summed E-state index contributed by atoms with van der Waals surface area (Å²) in [5.74, 6) is 0.366. The third-order valence-electron chi connectivity index (χ3n) is 2.42. The molecule has 2 rings (SSSR count). The van der Waals surface area contributed by atoms with E-state index in [4.69, 9.17) is 4.74 Å². The second-order valence-corrected chi connectivity index (χ2v) is 3.64. The van der Waals surface area contributed by atoms with Crippen molar-refractivity contribution >= 4 is 0 Å². The lowest BCUT2D eigenvalue weighted by Gasteiger charge is -2.09. The van der Waals surface area contributed by atoms with Crippen LogP contribution in [-0.2, 0) is 6.18 Å². The van der Waals surface area contributed by atoms with Crippen molar-refractivity contribution in [2.45, 2.75) is 6.18 Å². The summed E-state index contributed by atoms with van der Waals surface area (Å²) >= 11 is 0. The van der Waals surface area contributed by atoms with Crippen LogP contribution in [0.3, 0.4) is 0 Å². The third kappa shape index (κ3) is 2.61. The van der Waals surface area contributed by atoms with Crippen LogP contribution >= 0.6 is 0 Å². The van der Waals surface area contributed by atoms with Crippen molar-refractivity contribution in [2.75, 3.05) is 7.11 Å². The van der Waals surface area contributed by atoms with Crippen LogP contribution in [0.25, 0.3) is 11.3 Å². The summed E-state index contributed by atoms with van der Waals surface area (Å²) in [6, 6.07) is 10.00. The lowest BCUT2D eigenvalue weighted by Crippen LogP contribution is -2.04. The fourth-order valence-electron chi connectivity index (χ4n) is 1.54. The molecule has 1 aromatic carbocycles. The van der Waals surface area contributed by atoms with Gasteiger partial charge in [0.15, 0.2) is 0 Å². The van der Waals surface area contributed by atoms with E-state index in [1.165, 1.54) is 13.2 Å². The van der Waals surface area contributed by atoms with E-state index in [9.17, 15) is 13.2 Å². The van der Waals surface area contributed by atoms with Crippen molar-refractivity contribution in [3.63, 3.8) is 0 Å². The molecule has 1 heterocycles. The molecule has 0 aliphatic heterocycles. The van der Waals surface area contributed by atoms with Crippen LogP contribution in [0.15, 0.2) is 42.5 Å². The van der Waals surface area contributed by atoms with Crippen LogP contribution < -0.4 is 4.74 Å². The van der Waals surface area contributed by atoms with E-state index < -0.39 is 11.7 Å². The monoisotopic (exact) mass is 253 g/mol. The summed E-state index contributed by atoms with van der Waals surface area (Å²) in [7, 11) is 1.46. The molecule has 0 aliphatic carbocycles. The van der Waals surface area contributed by atoms with Crippen LogP contribution in [0.4, 0.5) is 13.2 Å². The Balaban J connectivity index is 2.44. The molecule has 0 unspecified atom stereocenters. The molecule has 2 nitrogen and oxygen atoms in total. The van der Waals surface area contributed by atoms with Crippen molar-refractivity contribution < 1.29 is 17.9 Å². The standard InChI is InChI=1S/C13H10F3NO/c1-18-12-7-3-6-11(17-12)9-4-2-5-10(8-9)13(14,15)16/h2-8H,1H3. The second kappa shape index (κ2) is 4.68. The van der Waals surface area contributed by atoms with E-state index in [1.807, 2.05) is 0 Å². The van der Waals surface area contributed by atoms with E-state index in [0.29, 0.717) is 17.1 Å². The van der Waals surface area contributed by atoms with E-state index in [1.54, 1.807) is 24.3 Å². The molecule has 0 aliphatic rings. The maximum absolute atomic E-state index is 12.6. The van der Waals surface area contributed by atoms with Crippen LogP contribution in [0.2, 0.25) is 0 Å². The number of pyridine rings is 1. The van der Waals surface area contributed by atoms with Gasteiger partial charge in [-0.1, -0.05) is 18.2 Å². The molecule has 94 valence electrons. The van der Waals surface area contributed by atoms with E-state index >= 15 is 0 Å². The zero-order valence-electron chi connectivity index (χ0n) is 9.53. The summed E-state index contributed by atoms with van der Waals surface area (Å²) in [4.78, 5) is 4.10. The van der Waals surface area contributed by atoms with Crippen molar-refractivity contribution in [3.05, 3.63) is 48.0 Å². The first-order valence-corrected chi connectivity index (χ1v) is 5.19. The minimum Gasteiger partial charge on any atom is -0.481 e. The van der Waals surface area contributed by atoms with E-state index in [0.717, 1.165) is 12.1 Å². The summed E-state index contributed by atoms with van der Waals surface area (Å²) < 4.78 is 42.7. The van der Waals surface area contributed by atoms with Crippen LogP contribution in [0, 0.1) is 0 Å². The highest BCUT2D eigenvalue weighted by Crippen LogP contribution is 2.31. The van der Waals surface area contributed by atoms with Gasteiger partial charge >= 0.3 is 6.18 Å². The molecule has 0 spiro atoms. The van der Waals surface area contributed by atoms with Crippen molar-refractivity contribution in [3.8, 4) is 17.1 Å². The van der Waals surface area contributed by atoms with Gasteiger partial charge in [0.1, 0.15) is 0 Å². The molecule has 0 saturated heterocycles. The average molecular weight is 253 g/mol. The fourth-order valence-corrected chi connectivity index (χ4v) is 1.54. The largest absolute Gasteiger partial charge is 0.481 e. The highest BCUT2D eigenvalue weighted by Gasteiger charge is 2.30. The van der Waals surface area contributed by atoms with Gasteiger partial charge in [-0.2, -0.15) is 13.2 Å². The molecule has 0 atom stereocenters. The Labute approximate surface area is 102 Å². The Morgan fingerprint density at radius 2 is 1.78 bits per heavy atom. The summed E-state index contributed by atoms with van der Waals surface area (Å²) in [5, 5.41) is 0. The molecule has 2 aromatic rings. The number of rotatable bonds is 2. The number of aromatic nitrogens is 1. The Morgan fingerprint density at radius 3 is 2.44 bits per heavy atom. The van der Waals surface area contributed by atoms with E-state index in [2.05, 4.69) is 4.98 Å². The predicted octanol–water partition coefficient (Wildman–Crippen LogP) is 3.78. The summed E-state index contributed by atoms with van der Waals surface area (Å²) in [6.07, 6.45) is -4.35. The molecule has 5 heteroatoms. The summed E-state index contributed by atoms with van der Waals surface area (Å²) in [5.41, 5.74) is 0.161. The lowest BCUT2D eigenvalue weighted by atomic mass is 10.1. The predicted molar refractivity (Wildman–Crippen MR) is 61.2 cm³/mol. The minimum absolute atomic E-state index is 0.366. The molecule has 1 aromatic heterocycles. The first-order chi connectivity index (χ1) is 8.50. The van der Waals surface area contributed by atoms with Crippen LogP contribution in [0.5, 0.6) is 5.88 Å². The first-order valence-electron chi connectivity index (χ1n) is 5.19. The van der Waals surface area contributed by atoms with Gasteiger partial charge in [0.2, 0.25) is 5.88 Å². The van der Waals surface area contributed by atoms with Crippen LogP contribution in [0.1, 0.15) is 5.56 Å². The molecule has 0 N–H and O–H groups in total. The van der Waals surface area contributed by atoms with Gasteiger partial charge in [0.05, 0.1) is 18.4 Å². The molecule has 0 bridgehead atoms. The molecular weight excluding hydrogens is 243 g/mol. The normalized spacial score (nSPS) is 11.3. The molecule has 0 amide bonds.